The maximum Gasteiger partial charge on any atom is 0.253 e. The number of allylic oxidation sites excluding steroid dienone is 1. The van der Waals surface area contributed by atoms with Gasteiger partial charge in [0.2, 0.25) is 0 Å². The Morgan fingerprint density at radius 2 is 1.63 bits per heavy atom. The molecule has 0 saturated carbocycles. The molecule has 0 aliphatic rings. The lowest BCUT2D eigenvalue weighted by Crippen LogP contribution is -2.36. The number of aryl methyl sites for hydroxylation is 1. The second kappa shape index (κ2) is 12.9. The van der Waals surface area contributed by atoms with E-state index in [9.17, 15) is 0 Å². The molecule has 0 radical (unpaired) electrons. The molecule has 0 bridgehead atoms. The summed E-state index contributed by atoms with van der Waals surface area (Å²) in [5.41, 5.74) is 4.75. The highest BCUT2D eigenvalue weighted by atomic mass is 15.2. The number of hydrogen-bond donors (Lipinski definition) is 0. The molecule has 0 atom stereocenters. The maximum absolute atomic E-state index is 8.86. The molecule has 0 unspecified atom stereocenters. The van der Waals surface area contributed by atoms with Gasteiger partial charge in [0.1, 0.15) is 31.3 Å². The second-order valence-corrected chi connectivity index (χ2v) is 8.42. The fourth-order valence-corrected chi connectivity index (χ4v) is 3.91. The van der Waals surface area contributed by atoms with Crippen LogP contribution in [0.5, 0.6) is 0 Å². The molecule has 6 heteroatoms. The summed E-state index contributed by atoms with van der Waals surface area (Å²) in [7, 11) is 0. The molecule has 0 saturated heterocycles. The number of benzene rings is 2. The second-order valence-electron chi connectivity index (χ2n) is 8.42. The van der Waals surface area contributed by atoms with E-state index in [-0.39, 0.29) is 0 Å². The van der Waals surface area contributed by atoms with Gasteiger partial charge in [0, 0.05) is 19.7 Å². The van der Waals surface area contributed by atoms with Crippen LogP contribution in [0.1, 0.15) is 43.6 Å². The predicted octanol–water partition coefficient (Wildman–Crippen LogP) is 5.38. The van der Waals surface area contributed by atoms with Gasteiger partial charge < -0.3 is 4.90 Å². The minimum atomic E-state index is 0.470. The molecule has 0 spiro atoms. The van der Waals surface area contributed by atoms with Crippen LogP contribution in [0.2, 0.25) is 0 Å². The first kappa shape index (κ1) is 25.5. The van der Waals surface area contributed by atoms with Crippen LogP contribution >= 0.6 is 0 Å². The van der Waals surface area contributed by atoms with E-state index >= 15 is 0 Å². The molecule has 1 aromatic heterocycles. The number of imidazole rings is 1. The average molecular weight is 466 g/mol. The SMILES string of the molecule is C/C=C\N(CCC#N)/C(C)=N/Cc1ccc(-c2ccc(C[n+]3ccn(CCC#N)c3C)cc2)cc1. The minimum Gasteiger partial charge on any atom is -0.336 e. The van der Waals surface area contributed by atoms with E-state index < -0.39 is 0 Å². The zero-order valence-corrected chi connectivity index (χ0v) is 20.9. The average Bonchev–Trinajstić information content (AvgIpc) is 3.23. The quantitative estimate of drug-likeness (QED) is 0.229. The number of hydrogen-bond acceptors (Lipinski definition) is 3. The highest BCUT2D eigenvalue weighted by Gasteiger charge is 2.12. The third-order valence-corrected chi connectivity index (χ3v) is 6.02. The van der Waals surface area contributed by atoms with Crippen LogP contribution in [0.4, 0.5) is 0 Å². The van der Waals surface area contributed by atoms with Crippen molar-refractivity contribution >= 4 is 5.84 Å². The Hall–Kier alpha value is -4.16. The van der Waals surface area contributed by atoms with E-state index in [1.165, 1.54) is 16.7 Å². The van der Waals surface area contributed by atoms with Crippen LogP contribution in [-0.2, 0) is 19.6 Å². The molecule has 3 rings (SSSR count). The largest absolute Gasteiger partial charge is 0.336 e. The molecule has 0 amide bonds. The third-order valence-electron chi connectivity index (χ3n) is 6.02. The fraction of sp³-hybridized carbons (Fsp3) is 0.310. The number of nitriles is 2. The summed E-state index contributed by atoms with van der Waals surface area (Å²) in [4.78, 5) is 6.72. The lowest BCUT2D eigenvalue weighted by Gasteiger charge is -2.18. The topological polar surface area (TPSA) is 72.0 Å². The van der Waals surface area contributed by atoms with Crippen molar-refractivity contribution in [3.8, 4) is 23.3 Å². The van der Waals surface area contributed by atoms with Crippen molar-refractivity contribution in [1.29, 1.82) is 10.5 Å². The molecular formula is C29H33N6+. The van der Waals surface area contributed by atoms with Crippen LogP contribution < -0.4 is 4.57 Å². The lowest BCUT2D eigenvalue weighted by molar-refractivity contribution is -0.694. The molecule has 0 aliphatic heterocycles. The van der Waals surface area contributed by atoms with E-state index in [0.29, 0.717) is 25.9 Å². The fourth-order valence-electron chi connectivity index (χ4n) is 3.91. The van der Waals surface area contributed by atoms with Gasteiger partial charge in [0.15, 0.2) is 0 Å². The molecule has 6 nitrogen and oxygen atoms in total. The van der Waals surface area contributed by atoms with Crippen molar-refractivity contribution in [2.45, 2.75) is 53.2 Å². The molecule has 0 fully saturated rings. The summed E-state index contributed by atoms with van der Waals surface area (Å²) < 4.78 is 4.33. The highest BCUT2D eigenvalue weighted by Crippen LogP contribution is 2.21. The molecule has 2 aromatic carbocycles. The Labute approximate surface area is 208 Å². The molecule has 0 aliphatic carbocycles. The number of aliphatic imine (C=N–C) groups is 1. The first-order valence-corrected chi connectivity index (χ1v) is 11.9. The Balaban J connectivity index is 1.62. The minimum absolute atomic E-state index is 0.470. The predicted molar refractivity (Wildman–Crippen MR) is 139 cm³/mol. The van der Waals surface area contributed by atoms with Gasteiger partial charge in [-0.1, -0.05) is 54.6 Å². The van der Waals surface area contributed by atoms with Gasteiger partial charge in [-0.15, -0.1) is 0 Å². The van der Waals surface area contributed by atoms with Crippen molar-refractivity contribution in [2.24, 2.45) is 4.99 Å². The normalized spacial score (nSPS) is 11.4. The summed E-state index contributed by atoms with van der Waals surface area (Å²) in [5.74, 6) is 2.06. The van der Waals surface area contributed by atoms with Crippen LogP contribution in [0, 0.1) is 29.6 Å². The van der Waals surface area contributed by atoms with Gasteiger partial charge in [-0.3, -0.25) is 4.99 Å². The monoisotopic (exact) mass is 465 g/mol. The number of rotatable bonds is 10. The molecule has 178 valence electrons. The van der Waals surface area contributed by atoms with Crippen molar-refractivity contribution in [3.63, 3.8) is 0 Å². The van der Waals surface area contributed by atoms with E-state index in [0.717, 1.165) is 30.3 Å². The van der Waals surface area contributed by atoms with Gasteiger partial charge in [0.25, 0.3) is 5.82 Å². The maximum atomic E-state index is 8.86. The number of nitrogens with zero attached hydrogens (tertiary/aromatic N) is 6. The van der Waals surface area contributed by atoms with Crippen molar-refractivity contribution < 1.29 is 4.57 Å². The van der Waals surface area contributed by atoms with Crippen molar-refractivity contribution in [1.82, 2.24) is 9.47 Å². The van der Waals surface area contributed by atoms with Gasteiger partial charge in [-0.05, 0) is 36.1 Å². The summed E-state index contributed by atoms with van der Waals surface area (Å²) >= 11 is 0. The van der Waals surface area contributed by atoms with Crippen LogP contribution in [0.15, 0.2) is 78.2 Å². The highest BCUT2D eigenvalue weighted by molar-refractivity contribution is 5.80. The molecule has 35 heavy (non-hydrogen) atoms. The summed E-state index contributed by atoms with van der Waals surface area (Å²) in [6, 6.07) is 21.6. The summed E-state index contributed by atoms with van der Waals surface area (Å²) in [6.45, 7) is 8.82. The number of amidine groups is 1. The van der Waals surface area contributed by atoms with E-state index in [1.807, 2.05) is 37.2 Å². The molecule has 0 N–H and O–H groups in total. The zero-order chi connectivity index (χ0) is 25.0. The first-order valence-electron chi connectivity index (χ1n) is 11.9. The smallest absolute Gasteiger partial charge is 0.253 e. The Morgan fingerprint density at radius 1 is 1.00 bits per heavy atom. The van der Waals surface area contributed by atoms with E-state index in [2.05, 4.69) is 82.9 Å². The summed E-state index contributed by atoms with van der Waals surface area (Å²) in [5, 5.41) is 17.7. The van der Waals surface area contributed by atoms with E-state index in [1.54, 1.807) is 0 Å². The van der Waals surface area contributed by atoms with Gasteiger partial charge in [-0.2, -0.15) is 10.5 Å². The zero-order valence-electron chi connectivity index (χ0n) is 20.9. The Bertz CT molecular complexity index is 1230. The molecule has 1 heterocycles. The van der Waals surface area contributed by atoms with Crippen LogP contribution in [0.25, 0.3) is 11.1 Å². The van der Waals surface area contributed by atoms with Gasteiger partial charge >= 0.3 is 0 Å². The van der Waals surface area contributed by atoms with E-state index in [4.69, 9.17) is 15.5 Å². The van der Waals surface area contributed by atoms with Crippen LogP contribution in [0.3, 0.4) is 0 Å². The first-order chi connectivity index (χ1) is 17.0. The van der Waals surface area contributed by atoms with Crippen molar-refractivity contribution in [2.75, 3.05) is 6.54 Å². The van der Waals surface area contributed by atoms with Gasteiger partial charge in [-0.25, -0.2) is 9.13 Å². The van der Waals surface area contributed by atoms with Crippen molar-refractivity contribution in [3.05, 3.63) is 90.2 Å². The third kappa shape index (κ3) is 7.16. The molecular weight excluding hydrogens is 432 g/mol. The number of aromatic nitrogens is 2. The van der Waals surface area contributed by atoms with Crippen LogP contribution in [-0.4, -0.2) is 21.8 Å². The lowest BCUT2D eigenvalue weighted by atomic mass is 10.0. The summed E-state index contributed by atoms with van der Waals surface area (Å²) in [6.07, 6.45) is 9.03. The Kier molecular flexibility index (Phi) is 9.39. The Morgan fingerprint density at radius 3 is 2.23 bits per heavy atom. The molecule has 3 aromatic rings. The van der Waals surface area contributed by atoms with Gasteiger partial charge in [0.05, 0.1) is 31.5 Å². The standard InChI is InChI=1S/C29H33N6/c1-4-17-33(18-5-15-30)24(2)32-22-26-7-11-28(12-8-26)29-13-9-27(10-14-29)23-35-21-20-34(25(35)3)19-6-16-31/h4,7-14,17,20-21H,5-6,18-19,22-23H2,1-3H3/q+1/b17-4-,32-24+.